The van der Waals surface area contributed by atoms with Gasteiger partial charge in [-0.3, -0.25) is 4.79 Å². The van der Waals surface area contributed by atoms with Crippen molar-refractivity contribution in [2.75, 3.05) is 39.3 Å². The Morgan fingerprint density at radius 2 is 1.56 bits per heavy atom. The lowest BCUT2D eigenvalue weighted by molar-refractivity contribution is -0.282. The van der Waals surface area contributed by atoms with Gasteiger partial charge >= 0.3 is 0 Å². The third kappa shape index (κ3) is 9.63. The summed E-state index contributed by atoms with van der Waals surface area (Å²) < 4.78 is 35.7. The fourth-order valence-corrected chi connectivity index (χ4v) is 6.31. The number of rotatable bonds is 16. The highest BCUT2D eigenvalue weighted by Crippen LogP contribution is 2.34. The van der Waals surface area contributed by atoms with Crippen LogP contribution in [0.1, 0.15) is 19.3 Å². The van der Waals surface area contributed by atoms with Crippen molar-refractivity contribution in [3.8, 4) is 0 Å². The van der Waals surface area contributed by atoms with Crippen LogP contribution in [0.2, 0.25) is 0 Å². The average molecular weight is 725 g/mol. The van der Waals surface area contributed by atoms with E-state index in [1.807, 2.05) is 6.08 Å². The van der Waals surface area contributed by atoms with Crippen LogP contribution in [-0.2, 0) is 33.2 Å². The first-order valence-electron chi connectivity index (χ1n) is 16.9. The minimum atomic E-state index is -1.65. The number of hydrogen-bond acceptors (Lipinski definition) is 20. The monoisotopic (exact) mass is 724 g/mol. The van der Waals surface area contributed by atoms with Gasteiger partial charge in [0.05, 0.1) is 31.3 Å². The number of hydrogen-bond donors (Lipinski definition) is 14. The Balaban J connectivity index is 1.53. The quantitative estimate of drug-likeness (QED) is 0.0657. The third-order valence-corrected chi connectivity index (χ3v) is 9.29. The lowest BCUT2D eigenvalue weighted by Crippen LogP contribution is -2.67. The lowest BCUT2D eigenvalue weighted by Gasteiger charge is -2.46. The smallest absolute Gasteiger partial charge is 0.250 e. The van der Waals surface area contributed by atoms with E-state index in [9.17, 15) is 35.4 Å². The Kier molecular flexibility index (Phi) is 15.5. The first kappa shape index (κ1) is 41.1. The summed E-state index contributed by atoms with van der Waals surface area (Å²) in [5, 5.41) is 69.4. The maximum Gasteiger partial charge on any atom is 0.250 e. The van der Waals surface area contributed by atoms with E-state index in [4.69, 9.17) is 62.8 Å². The maximum absolute atomic E-state index is 12.5. The van der Waals surface area contributed by atoms with Gasteiger partial charge in [-0.05, 0) is 38.4 Å². The molecule has 0 spiro atoms. The van der Waals surface area contributed by atoms with Crippen molar-refractivity contribution in [3.05, 3.63) is 11.8 Å². The number of carbonyl (C=O) groups is 1. The number of nitrogens with one attached hydrogen (secondary N) is 2. The number of nitrogens with two attached hydrogens (primary N) is 6. The van der Waals surface area contributed by atoms with Crippen molar-refractivity contribution in [1.29, 1.82) is 0 Å². The summed E-state index contributed by atoms with van der Waals surface area (Å²) in [5.74, 6) is -0.288. The SMILES string of the molecule is NCCCNCC1=CC[C@@H](N)[C@@H](O[C@H]2[C@H](O[C@@H]3O[C@H](CO)[C@@H](O[C@H]4O[C@@H](CN)[C@@H](O)[C@H](O)[C@H]4N)[C@H]3O)[C@@H](O)[C@H](NC(=O)C(O)CN)C[C@@H]2N)O1. The molecule has 1 amide bonds. The van der Waals surface area contributed by atoms with E-state index in [0.29, 0.717) is 31.8 Å². The van der Waals surface area contributed by atoms with Crippen LogP contribution in [0.3, 0.4) is 0 Å². The second-order valence-electron chi connectivity index (χ2n) is 13.0. The van der Waals surface area contributed by atoms with Gasteiger partial charge in [-0.1, -0.05) is 0 Å². The molecule has 0 radical (unpaired) electrons. The van der Waals surface area contributed by atoms with Crippen LogP contribution in [0.4, 0.5) is 0 Å². The molecule has 4 rings (SSSR count). The van der Waals surface area contributed by atoms with Gasteiger partial charge in [0.25, 0.3) is 0 Å². The molecule has 3 aliphatic heterocycles. The Labute approximate surface area is 289 Å². The molecule has 0 aromatic carbocycles. The molecule has 20 N–H and O–H groups in total. The Morgan fingerprint density at radius 3 is 2.22 bits per heavy atom. The molecule has 17 atom stereocenters. The molecule has 0 bridgehead atoms. The fourth-order valence-electron chi connectivity index (χ4n) is 6.31. The van der Waals surface area contributed by atoms with Crippen molar-refractivity contribution in [2.24, 2.45) is 34.4 Å². The predicted molar refractivity (Wildman–Crippen MR) is 172 cm³/mol. The van der Waals surface area contributed by atoms with Gasteiger partial charge in [0.1, 0.15) is 66.8 Å². The second-order valence-corrected chi connectivity index (χ2v) is 13.0. The van der Waals surface area contributed by atoms with E-state index in [1.165, 1.54) is 0 Å². The van der Waals surface area contributed by atoms with Crippen LogP contribution in [0, 0.1) is 0 Å². The van der Waals surface area contributed by atoms with E-state index < -0.39 is 117 Å². The van der Waals surface area contributed by atoms with E-state index in [2.05, 4.69) is 10.6 Å². The normalized spacial score (nSPS) is 42.8. The summed E-state index contributed by atoms with van der Waals surface area (Å²) in [6.07, 6.45) is -14.9. The number of aliphatic hydroxyl groups excluding tert-OH is 6. The highest BCUT2D eigenvalue weighted by molar-refractivity contribution is 5.81. The van der Waals surface area contributed by atoms with Gasteiger partial charge in [-0.15, -0.1) is 0 Å². The molecule has 1 unspecified atom stereocenters. The molecule has 50 heavy (non-hydrogen) atoms. The lowest BCUT2D eigenvalue weighted by atomic mass is 9.83. The first-order valence-corrected chi connectivity index (χ1v) is 16.9. The molecule has 4 aliphatic rings. The van der Waals surface area contributed by atoms with Crippen LogP contribution in [0.25, 0.3) is 0 Å². The predicted octanol–water partition coefficient (Wildman–Crippen LogP) is -8.25. The van der Waals surface area contributed by atoms with Crippen molar-refractivity contribution >= 4 is 5.91 Å². The van der Waals surface area contributed by atoms with Gasteiger partial charge in [-0.2, -0.15) is 0 Å². The van der Waals surface area contributed by atoms with E-state index in [0.717, 1.165) is 6.42 Å². The molecule has 3 heterocycles. The summed E-state index contributed by atoms with van der Waals surface area (Å²) in [6.45, 7) is 0.343. The Hall–Kier alpha value is -1.71. The van der Waals surface area contributed by atoms with Crippen LogP contribution in [-0.4, -0.2) is 180 Å². The highest BCUT2D eigenvalue weighted by Gasteiger charge is 2.54. The summed E-state index contributed by atoms with van der Waals surface area (Å²) in [5.41, 5.74) is 35.6. The minimum absolute atomic E-state index is 0.0352. The Morgan fingerprint density at radius 1 is 0.880 bits per heavy atom. The van der Waals surface area contributed by atoms with E-state index >= 15 is 0 Å². The van der Waals surface area contributed by atoms with Crippen molar-refractivity contribution in [2.45, 2.75) is 123 Å². The number of ether oxygens (including phenoxy) is 6. The molecular formula is C29H56N8O13. The molecule has 2 saturated heterocycles. The fraction of sp³-hybridized carbons (Fsp3) is 0.897. The molecule has 21 nitrogen and oxygen atoms in total. The molecule has 1 aliphatic carbocycles. The first-order chi connectivity index (χ1) is 23.8. The van der Waals surface area contributed by atoms with Gasteiger partial charge in [0.2, 0.25) is 12.2 Å². The van der Waals surface area contributed by atoms with Crippen molar-refractivity contribution in [3.63, 3.8) is 0 Å². The van der Waals surface area contributed by atoms with Crippen LogP contribution in [0.15, 0.2) is 11.8 Å². The van der Waals surface area contributed by atoms with E-state index in [-0.39, 0.29) is 19.5 Å². The summed E-state index contributed by atoms with van der Waals surface area (Å²) in [4.78, 5) is 12.5. The molecule has 21 heteroatoms. The number of aliphatic hydroxyl groups is 6. The molecule has 3 fully saturated rings. The van der Waals surface area contributed by atoms with Crippen LogP contribution >= 0.6 is 0 Å². The molecule has 0 aromatic rings. The number of amides is 1. The van der Waals surface area contributed by atoms with Gasteiger partial charge in [0, 0.05) is 19.1 Å². The zero-order chi connectivity index (χ0) is 36.7. The second kappa shape index (κ2) is 18.9. The van der Waals surface area contributed by atoms with Gasteiger partial charge in [-0.25, -0.2) is 0 Å². The van der Waals surface area contributed by atoms with Gasteiger partial charge in [0.15, 0.2) is 12.6 Å². The molecule has 290 valence electrons. The Bertz CT molecular complexity index is 1100. The van der Waals surface area contributed by atoms with Crippen molar-refractivity contribution in [1.82, 2.24) is 10.6 Å². The molecule has 1 saturated carbocycles. The van der Waals surface area contributed by atoms with Crippen LogP contribution in [0.5, 0.6) is 0 Å². The van der Waals surface area contributed by atoms with Gasteiger partial charge < -0.3 is 104 Å². The third-order valence-electron chi connectivity index (χ3n) is 9.29. The largest absolute Gasteiger partial charge is 0.467 e. The molecule has 0 aromatic heterocycles. The average Bonchev–Trinajstić information content (AvgIpc) is 3.40. The van der Waals surface area contributed by atoms with E-state index in [1.54, 1.807) is 0 Å². The van der Waals surface area contributed by atoms with Crippen LogP contribution < -0.4 is 45.0 Å². The molecular weight excluding hydrogens is 668 g/mol. The maximum atomic E-state index is 12.5. The topological polar surface area (TPSA) is 374 Å². The minimum Gasteiger partial charge on any atom is -0.467 e. The van der Waals surface area contributed by atoms with Crippen molar-refractivity contribution < 1.29 is 63.9 Å². The highest BCUT2D eigenvalue weighted by atomic mass is 16.8. The summed E-state index contributed by atoms with van der Waals surface area (Å²) >= 11 is 0. The standard InChI is InChI=1S/C29H56N8O13/c30-4-1-5-36-9-11-2-3-12(33)27(45-11)48-23-13(34)6-14(37-26(44)15(39)7-31)19(40)25(23)50-29-22(43)24(17(10-38)47-29)49-28-18(35)21(42)20(41)16(8-32)46-28/h2,12-25,27-29,36,38-43H,1,3-10,30-35H2,(H,37,44)/t12-,13+,14-,15?,16+,17-,18-,19+,20-,21-,22-,23-,24-,25-,27-,28-,29+/m1/s1. The summed E-state index contributed by atoms with van der Waals surface area (Å²) in [6, 6.07) is -3.90. The zero-order valence-corrected chi connectivity index (χ0v) is 27.8. The summed E-state index contributed by atoms with van der Waals surface area (Å²) in [7, 11) is 0. The number of carbonyl (C=O) groups excluding carboxylic acids is 1. The zero-order valence-electron chi connectivity index (χ0n) is 27.8.